The number of rotatable bonds is 7. The first-order valence-corrected chi connectivity index (χ1v) is 6.73. The maximum atomic E-state index is 11.2. The second-order valence-electron chi connectivity index (χ2n) is 4.79. The van der Waals surface area contributed by atoms with E-state index in [-0.39, 0.29) is 12.0 Å². The van der Waals surface area contributed by atoms with Crippen molar-refractivity contribution in [2.45, 2.75) is 32.2 Å². The Morgan fingerprint density at radius 2 is 1.95 bits per heavy atom. The van der Waals surface area contributed by atoms with E-state index in [1.807, 2.05) is 33.2 Å². The van der Waals surface area contributed by atoms with Crippen LogP contribution in [0.4, 0.5) is 5.69 Å². The van der Waals surface area contributed by atoms with Gasteiger partial charge in [0.25, 0.3) is 0 Å². The highest BCUT2D eigenvalue weighted by atomic mass is 16.5. The fourth-order valence-electron chi connectivity index (χ4n) is 1.89. The van der Waals surface area contributed by atoms with Crippen molar-refractivity contribution in [2.75, 3.05) is 25.6 Å². The zero-order valence-corrected chi connectivity index (χ0v) is 12.1. The Balaban J connectivity index is 2.40. The zero-order chi connectivity index (χ0) is 14.3. The molecule has 0 bridgehead atoms. The van der Waals surface area contributed by atoms with Crippen molar-refractivity contribution in [1.29, 1.82) is 0 Å². The molecule has 0 saturated heterocycles. The lowest BCUT2D eigenvalue weighted by molar-refractivity contribution is -0.143. The van der Waals surface area contributed by atoms with E-state index in [9.17, 15) is 4.79 Å². The molecule has 0 aliphatic heterocycles. The number of nitrogens with zero attached hydrogens (tertiary/aromatic N) is 1. The summed E-state index contributed by atoms with van der Waals surface area (Å²) in [6, 6.07) is 8.18. The van der Waals surface area contributed by atoms with E-state index in [4.69, 9.17) is 10.5 Å². The predicted octanol–water partition coefficient (Wildman–Crippen LogP) is 2.49. The third kappa shape index (κ3) is 5.30. The van der Waals surface area contributed by atoms with Crippen LogP contribution < -0.4 is 10.6 Å². The number of benzene rings is 1. The summed E-state index contributed by atoms with van der Waals surface area (Å²) in [5, 5.41) is 0. The van der Waals surface area contributed by atoms with Gasteiger partial charge >= 0.3 is 5.97 Å². The van der Waals surface area contributed by atoms with E-state index in [1.165, 1.54) is 0 Å². The molecular weight excluding hydrogens is 240 g/mol. The van der Waals surface area contributed by atoms with Crippen LogP contribution in [0.2, 0.25) is 0 Å². The molecule has 0 amide bonds. The molecule has 0 aromatic heterocycles. The van der Waals surface area contributed by atoms with E-state index in [2.05, 4.69) is 17.0 Å². The molecule has 19 heavy (non-hydrogen) atoms. The molecule has 0 aliphatic rings. The Morgan fingerprint density at radius 1 is 1.32 bits per heavy atom. The number of ether oxygens (including phenoxy) is 1. The van der Waals surface area contributed by atoms with Gasteiger partial charge in [-0.2, -0.15) is 0 Å². The van der Waals surface area contributed by atoms with Crippen LogP contribution in [-0.2, 0) is 9.53 Å². The number of nitrogens with two attached hydrogens (primary N) is 1. The molecule has 1 aromatic carbocycles. The number of anilines is 1. The fourth-order valence-corrected chi connectivity index (χ4v) is 1.89. The Kier molecular flexibility index (Phi) is 6.36. The smallest absolute Gasteiger partial charge is 0.305 e. The van der Waals surface area contributed by atoms with Gasteiger partial charge in [-0.15, -0.1) is 0 Å². The summed E-state index contributed by atoms with van der Waals surface area (Å²) in [5.41, 5.74) is 8.38. The van der Waals surface area contributed by atoms with Gasteiger partial charge < -0.3 is 15.4 Å². The minimum atomic E-state index is -0.141. The molecule has 1 atom stereocenters. The Bertz CT molecular complexity index is 388. The van der Waals surface area contributed by atoms with Crippen molar-refractivity contribution in [2.24, 2.45) is 5.73 Å². The first-order chi connectivity index (χ1) is 9.04. The Labute approximate surface area is 115 Å². The average Bonchev–Trinajstić information content (AvgIpc) is 2.39. The van der Waals surface area contributed by atoms with Crippen LogP contribution >= 0.6 is 0 Å². The molecule has 106 valence electrons. The molecule has 0 radical (unpaired) electrons. The summed E-state index contributed by atoms with van der Waals surface area (Å²) in [7, 11) is 4.02. The molecule has 4 nitrogen and oxygen atoms in total. The SMILES string of the molecule is CCOC(=O)CCCC(N)c1ccc(N(C)C)cc1. The van der Waals surface area contributed by atoms with Gasteiger partial charge in [0.1, 0.15) is 0 Å². The molecule has 0 heterocycles. The monoisotopic (exact) mass is 264 g/mol. The fraction of sp³-hybridized carbons (Fsp3) is 0.533. The van der Waals surface area contributed by atoms with Crippen molar-refractivity contribution in [3.8, 4) is 0 Å². The number of carbonyl (C=O) groups is 1. The van der Waals surface area contributed by atoms with Gasteiger partial charge in [0.15, 0.2) is 0 Å². The van der Waals surface area contributed by atoms with E-state index >= 15 is 0 Å². The second-order valence-corrected chi connectivity index (χ2v) is 4.79. The van der Waals surface area contributed by atoms with Crippen LogP contribution in [0.5, 0.6) is 0 Å². The van der Waals surface area contributed by atoms with Gasteiger partial charge in [0, 0.05) is 32.2 Å². The van der Waals surface area contributed by atoms with E-state index < -0.39 is 0 Å². The van der Waals surface area contributed by atoms with E-state index in [0.717, 1.165) is 24.1 Å². The van der Waals surface area contributed by atoms with Gasteiger partial charge in [-0.3, -0.25) is 4.79 Å². The molecule has 1 rings (SSSR count). The third-order valence-corrected chi connectivity index (χ3v) is 3.04. The maximum Gasteiger partial charge on any atom is 0.305 e. The highest BCUT2D eigenvalue weighted by molar-refractivity contribution is 5.69. The largest absolute Gasteiger partial charge is 0.466 e. The van der Waals surface area contributed by atoms with Crippen LogP contribution in [-0.4, -0.2) is 26.7 Å². The van der Waals surface area contributed by atoms with Crippen molar-refractivity contribution in [3.05, 3.63) is 29.8 Å². The second kappa shape index (κ2) is 7.79. The number of carbonyl (C=O) groups excluding carboxylic acids is 1. The Morgan fingerprint density at radius 3 is 2.47 bits per heavy atom. The molecule has 0 saturated carbocycles. The minimum absolute atomic E-state index is 0.0226. The zero-order valence-electron chi connectivity index (χ0n) is 12.1. The van der Waals surface area contributed by atoms with Crippen LogP contribution in [0.25, 0.3) is 0 Å². The summed E-state index contributed by atoms with van der Waals surface area (Å²) in [4.78, 5) is 13.3. The van der Waals surface area contributed by atoms with Crippen molar-refractivity contribution < 1.29 is 9.53 Å². The molecule has 4 heteroatoms. The number of hydrogen-bond acceptors (Lipinski definition) is 4. The third-order valence-electron chi connectivity index (χ3n) is 3.04. The number of esters is 1. The van der Waals surface area contributed by atoms with E-state index in [1.54, 1.807) is 0 Å². The lowest BCUT2D eigenvalue weighted by Gasteiger charge is -2.15. The first kappa shape index (κ1) is 15.5. The van der Waals surface area contributed by atoms with Crippen molar-refractivity contribution in [3.63, 3.8) is 0 Å². The van der Waals surface area contributed by atoms with Gasteiger partial charge in [-0.1, -0.05) is 12.1 Å². The van der Waals surface area contributed by atoms with Gasteiger partial charge in [-0.25, -0.2) is 0 Å². The summed E-state index contributed by atoms with van der Waals surface area (Å²) in [5.74, 6) is -0.141. The number of hydrogen-bond donors (Lipinski definition) is 1. The summed E-state index contributed by atoms with van der Waals surface area (Å²) in [6.07, 6.45) is 1.99. The van der Waals surface area contributed by atoms with Crippen LogP contribution in [0.15, 0.2) is 24.3 Å². The van der Waals surface area contributed by atoms with Crippen molar-refractivity contribution >= 4 is 11.7 Å². The summed E-state index contributed by atoms with van der Waals surface area (Å²) in [6.45, 7) is 2.26. The molecule has 0 fully saturated rings. The molecule has 1 aromatic rings. The first-order valence-electron chi connectivity index (χ1n) is 6.73. The van der Waals surface area contributed by atoms with Crippen LogP contribution in [0.3, 0.4) is 0 Å². The highest BCUT2D eigenvalue weighted by Crippen LogP contribution is 2.20. The van der Waals surface area contributed by atoms with Gasteiger partial charge in [0.2, 0.25) is 0 Å². The maximum absolute atomic E-state index is 11.2. The quantitative estimate of drug-likeness (QED) is 0.769. The summed E-state index contributed by atoms with van der Waals surface area (Å²) >= 11 is 0. The van der Waals surface area contributed by atoms with Gasteiger partial charge in [0.05, 0.1) is 6.61 Å². The summed E-state index contributed by atoms with van der Waals surface area (Å²) < 4.78 is 4.89. The standard InChI is InChI=1S/C15H24N2O2/c1-4-19-15(18)7-5-6-14(16)12-8-10-13(11-9-12)17(2)3/h8-11,14H,4-7,16H2,1-3H3. The molecule has 0 spiro atoms. The topological polar surface area (TPSA) is 55.6 Å². The molecule has 2 N–H and O–H groups in total. The lowest BCUT2D eigenvalue weighted by atomic mass is 10.0. The Hall–Kier alpha value is -1.55. The lowest BCUT2D eigenvalue weighted by Crippen LogP contribution is -2.13. The predicted molar refractivity (Wildman–Crippen MR) is 78.2 cm³/mol. The highest BCUT2D eigenvalue weighted by Gasteiger charge is 2.08. The molecular formula is C15H24N2O2. The molecule has 1 unspecified atom stereocenters. The normalized spacial score (nSPS) is 12.0. The van der Waals surface area contributed by atoms with Gasteiger partial charge in [-0.05, 0) is 37.5 Å². The van der Waals surface area contributed by atoms with E-state index in [0.29, 0.717) is 13.0 Å². The van der Waals surface area contributed by atoms with Crippen LogP contribution in [0.1, 0.15) is 37.8 Å². The average molecular weight is 264 g/mol. The van der Waals surface area contributed by atoms with Crippen LogP contribution in [0, 0.1) is 0 Å². The van der Waals surface area contributed by atoms with Crippen molar-refractivity contribution in [1.82, 2.24) is 0 Å². The minimum Gasteiger partial charge on any atom is -0.466 e. The molecule has 0 aliphatic carbocycles.